The van der Waals surface area contributed by atoms with E-state index in [2.05, 4.69) is 10.6 Å². The molecule has 4 amide bonds. The zero-order valence-electron chi connectivity index (χ0n) is 12.6. The lowest BCUT2D eigenvalue weighted by Gasteiger charge is -2.04. The maximum Gasteiger partial charge on any atom is 0.323 e. The molecule has 0 saturated carbocycles. The standard InChI is InChI=1S/C10H9N3O.C5H7N3O/c11-6-9-7-13(9)10(14)12-8-4-2-1-3-5-8;1-7-5(9)8-3-4(8)2-6/h1-5,9H,7H2,(H,12,14);4H,3H2,1H3,(H,7,9). The number of carbonyl (C=O) groups excluding carboxylic acids is 2. The summed E-state index contributed by atoms with van der Waals surface area (Å²) in [5.41, 5.74) is 0.751. The summed E-state index contributed by atoms with van der Waals surface area (Å²) in [6, 6.07) is 12.4. The Morgan fingerprint density at radius 2 is 1.57 bits per heavy atom. The number of nitrogens with zero attached hydrogens (tertiary/aromatic N) is 4. The van der Waals surface area contributed by atoms with Gasteiger partial charge in [0.2, 0.25) is 0 Å². The van der Waals surface area contributed by atoms with Gasteiger partial charge in [0.15, 0.2) is 0 Å². The minimum absolute atomic E-state index is 0.165. The van der Waals surface area contributed by atoms with E-state index >= 15 is 0 Å². The molecule has 2 unspecified atom stereocenters. The third kappa shape index (κ3) is 4.35. The summed E-state index contributed by atoms with van der Waals surface area (Å²) in [5, 5.41) is 21.9. The van der Waals surface area contributed by atoms with E-state index in [1.807, 2.05) is 42.5 Å². The van der Waals surface area contributed by atoms with Crippen LogP contribution in [-0.4, -0.2) is 54.1 Å². The molecule has 0 radical (unpaired) electrons. The van der Waals surface area contributed by atoms with Crippen molar-refractivity contribution in [1.82, 2.24) is 15.1 Å². The highest BCUT2D eigenvalue weighted by Crippen LogP contribution is 2.18. The van der Waals surface area contributed by atoms with Crippen LogP contribution >= 0.6 is 0 Å². The summed E-state index contributed by atoms with van der Waals surface area (Å²) in [4.78, 5) is 25.0. The van der Waals surface area contributed by atoms with Crippen LogP contribution in [0.3, 0.4) is 0 Å². The number of para-hydroxylation sites is 1. The predicted octanol–water partition coefficient (Wildman–Crippen LogP) is 0.960. The smallest absolute Gasteiger partial charge is 0.323 e. The van der Waals surface area contributed by atoms with Gasteiger partial charge in [-0.15, -0.1) is 0 Å². The third-order valence-corrected chi connectivity index (χ3v) is 3.28. The van der Waals surface area contributed by atoms with Crippen LogP contribution in [-0.2, 0) is 0 Å². The van der Waals surface area contributed by atoms with Gasteiger partial charge in [0.25, 0.3) is 0 Å². The number of nitrogens with one attached hydrogen (secondary N) is 2. The Labute approximate surface area is 133 Å². The van der Waals surface area contributed by atoms with Gasteiger partial charge in [0.1, 0.15) is 12.1 Å². The van der Waals surface area contributed by atoms with Crippen LogP contribution in [0.15, 0.2) is 30.3 Å². The van der Waals surface area contributed by atoms with Crippen LogP contribution in [0.2, 0.25) is 0 Å². The maximum atomic E-state index is 11.4. The number of benzene rings is 1. The predicted molar refractivity (Wildman–Crippen MR) is 82.1 cm³/mol. The van der Waals surface area contributed by atoms with Crippen LogP contribution in [0.5, 0.6) is 0 Å². The zero-order chi connectivity index (χ0) is 16.8. The summed E-state index contributed by atoms with van der Waals surface area (Å²) in [6.45, 7) is 1.12. The van der Waals surface area contributed by atoms with Gasteiger partial charge in [-0.2, -0.15) is 10.5 Å². The number of rotatable bonds is 1. The van der Waals surface area contributed by atoms with Crippen molar-refractivity contribution in [3.8, 4) is 12.1 Å². The van der Waals surface area contributed by atoms with Gasteiger partial charge < -0.3 is 20.4 Å². The number of amides is 4. The quantitative estimate of drug-likeness (QED) is 0.752. The summed E-state index contributed by atoms with van der Waals surface area (Å²) in [6.07, 6.45) is 0. The maximum absolute atomic E-state index is 11.4. The molecular formula is C15H16N6O2. The van der Waals surface area contributed by atoms with Crippen LogP contribution in [0.25, 0.3) is 0 Å². The van der Waals surface area contributed by atoms with E-state index in [1.54, 1.807) is 7.05 Å². The molecular weight excluding hydrogens is 296 g/mol. The van der Waals surface area contributed by atoms with E-state index < -0.39 is 0 Å². The molecule has 0 bridgehead atoms. The first-order valence-corrected chi connectivity index (χ1v) is 7.01. The number of hydrogen-bond donors (Lipinski definition) is 2. The Bertz CT molecular complexity index is 663. The normalized spacial score (nSPS) is 20.1. The van der Waals surface area contributed by atoms with Crippen LogP contribution in [0.4, 0.5) is 15.3 Å². The highest BCUT2D eigenvalue weighted by atomic mass is 16.2. The molecule has 2 N–H and O–H groups in total. The Morgan fingerprint density at radius 1 is 1.04 bits per heavy atom. The lowest BCUT2D eigenvalue weighted by atomic mass is 10.3. The van der Waals surface area contributed by atoms with Crippen molar-refractivity contribution in [3.63, 3.8) is 0 Å². The van der Waals surface area contributed by atoms with E-state index in [1.165, 1.54) is 9.80 Å². The van der Waals surface area contributed by atoms with Gasteiger partial charge in [-0.3, -0.25) is 0 Å². The molecule has 2 atom stereocenters. The average molecular weight is 312 g/mol. The number of anilines is 1. The fourth-order valence-electron chi connectivity index (χ4n) is 1.81. The number of carbonyl (C=O) groups is 2. The molecule has 3 rings (SSSR count). The SMILES string of the molecule is CNC(=O)N1CC1C#N.N#CC1CN1C(=O)Nc1ccccc1. The Morgan fingerprint density at radius 3 is 2.00 bits per heavy atom. The third-order valence-electron chi connectivity index (χ3n) is 3.28. The number of urea groups is 2. The second kappa shape index (κ2) is 7.14. The minimum atomic E-state index is -0.237. The highest BCUT2D eigenvalue weighted by Gasteiger charge is 2.38. The second-order valence-electron chi connectivity index (χ2n) is 4.95. The molecule has 2 fully saturated rings. The van der Waals surface area contributed by atoms with E-state index in [9.17, 15) is 9.59 Å². The molecule has 2 aliphatic rings. The van der Waals surface area contributed by atoms with Crippen LogP contribution < -0.4 is 10.6 Å². The molecule has 1 aromatic carbocycles. The van der Waals surface area contributed by atoms with Crippen LogP contribution in [0.1, 0.15) is 0 Å². The number of nitriles is 2. The molecule has 0 spiro atoms. The van der Waals surface area contributed by atoms with Crippen LogP contribution in [0, 0.1) is 22.7 Å². The molecule has 118 valence electrons. The first kappa shape index (κ1) is 16.1. The molecule has 0 aliphatic carbocycles. The van der Waals surface area contributed by atoms with Crippen molar-refractivity contribution in [2.24, 2.45) is 0 Å². The summed E-state index contributed by atoms with van der Waals surface area (Å²) >= 11 is 0. The fourth-order valence-corrected chi connectivity index (χ4v) is 1.81. The molecule has 0 aromatic heterocycles. The molecule has 2 heterocycles. The summed E-state index contributed by atoms with van der Waals surface area (Å²) in [7, 11) is 1.55. The lowest BCUT2D eigenvalue weighted by molar-refractivity contribution is 0.230. The summed E-state index contributed by atoms with van der Waals surface area (Å²) in [5.74, 6) is 0. The van der Waals surface area contributed by atoms with E-state index in [0.29, 0.717) is 13.1 Å². The van der Waals surface area contributed by atoms with Gasteiger partial charge in [-0.05, 0) is 12.1 Å². The van der Waals surface area contributed by atoms with Gasteiger partial charge >= 0.3 is 12.1 Å². The fraction of sp³-hybridized carbons (Fsp3) is 0.333. The second-order valence-corrected chi connectivity index (χ2v) is 4.95. The lowest BCUT2D eigenvalue weighted by Crippen LogP contribution is -2.25. The van der Waals surface area contributed by atoms with Gasteiger partial charge in [0.05, 0.1) is 25.2 Å². The first-order valence-electron chi connectivity index (χ1n) is 7.01. The average Bonchev–Trinajstić information content (AvgIpc) is 3.49. The van der Waals surface area contributed by atoms with Crippen molar-refractivity contribution < 1.29 is 9.59 Å². The molecule has 2 saturated heterocycles. The van der Waals surface area contributed by atoms with Crippen molar-refractivity contribution in [3.05, 3.63) is 30.3 Å². The minimum Gasteiger partial charge on any atom is -0.341 e. The van der Waals surface area contributed by atoms with Gasteiger partial charge in [-0.25, -0.2) is 9.59 Å². The topological polar surface area (TPSA) is 112 Å². The Hall–Kier alpha value is -3.26. The van der Waals surface area contributed by atoms with Gasteiger partial charge in [-0.1, -0.05) is 18.2 Å². The number of hydrogen-bond acceptors (Lipinski definition) is 4. The highest BCUT2D eigenvalue weighted by molar-refractivity contribution is 5.91. The largest absolute Gasteiger partial charge is 0.341 e. The van der Waals surface area contributed by atoms with E-state index in [4.69, 9.17) is 10.5 Å². The van der Waals surface area contributed by atoms with E-state index in [-0.39, 0.29) is 24.1 Å². The van der Waals surface area contributed by atoms with Crippen molar-refractivity contribution >= 4 is 17.7 Å². The monoisotopic (exact) mass is 312 g/mol. The molecule has 8 nitrogen and oxygen atoms in total. The van der Waals surface area contributed by atoms with Crippen molar-refractivity contribution in [2.75, 3.05) is 25.5 Å². The van der Waals surface area contributed by atoms with Crippen molar-refractivity contribution in [1.29, 1.82) is 10.5 Å². The van der Waals surface area contributed by atoms with E-state index in [0.717, 1.165) is 5.69 Å². The molecule has 2 aliphatic heterocycles. The Kier molecular flexibility index (Phi) is 5.00. The first-order chi connectivity index (χ1) is 11.1. The molecule has 1 aromatic rings. The van der Waals surface area contributed by atoms with Crippen molar-refractivity contribution in [2.45, 2.75) is 12.1 Å². The molecule has 8 heteroatoms. The van der Waals surface area contributed by atoms with Gasteiger partial charge in [0, 0.05) is 12.7 Å². The zero-order valence-corrected chi connectivity index (χ0v) is 12.6. The summed E-state index contributed by atoms with van der Waals surface area (Å²) < 4.78 is 0. The molecule has 23 heavy (non-hydrogen) atoms. The Balaban J connectivity index is 0.000000185.